The molecular formula is C114H169N10+5. The fourth-order valence-electron chi connectivity index (χ4n) is 14.6. The van der Waals surface area contributed by atoms with Gasteiger partial charge in [0.05, 0.1) is 57.4 Å². The van der Waals surface area contributed by atoms with Gasteiger partial charge in [0, 0.05) is 56.6 Å². The van der Waals surface area contributed by atoms with Crippen molar-refractivity contribution in [1.29, 1.82) is 0 Å². The van der Waals surface area contributed by atoms with E-state index in [-0.39, 0.29) is 7.43 Å². The van der Waals surface area contributed by atoms with E-state index >= 15 is 0 Å². The fraction of sp³-hybridized carbons (Fsp3) is 0.360. The molecule has 0 saturated heterocycles. The maximum absolute atomic E-state index is 2.36. The van der Waals surface area contributed by atoms with E-state index in [1.165, 1.54) is 138 Å². The minimum absolute atomic E-state index is 0. The standard InChI is InChI=1S/C20H18N.C19H17N2.C18H18N3.C17H15N2.C11H13N2.14C2H6.CH4/c1-14-8-3-4-9-15(14)19-17-11-6-5-10-16(17)18-12-7-13-21(2)20(18)19;1-14-8-7-10-16-15-9-3-4-11-17(15)21(19(14)16)18-12-5-6-13-20(18)2;1-13-7-6-9-15-14-8-4-5-10-16(14)21(17(13)15)18-19(2)11-12-20(18)3;1-12-6-5-9-15-13-7-3-4-8-14(13)16-10-11-18(2)19(16)17(12)15;1-10-6-3-4-7-11(10)13-9-5-8-12(13)2;14*1-2;/h3-13,19H,1-2H3;3-13H,1-2H3;4-12H,1-3H3;3-11H,1-2H3;3-9H,1-2H3;14*1-2H3;1H4/q5*+1;;;;;;;;;;;;;;;. The van der Waals surface area contributed by atoms with Gasteiger partial charge in [-0.2, -0.15) is 9.13 Å². The van der Waals surface area contributed by atoms with Crippen molar-refractivity contribution in [3.05, 3.63) is 331 Å². The number of nitrogens with zero attached hydrogens (tertiary/aromatic N) is 10. The second-order valence-electron chi connectivity index (χ2n) is 25.2. The predicted molar refractivity (Wildman–Crippen MR) is 553 cm³/mol. The molecule has 0 amide bonds. The smallest absolute Gasteiger partial charge is 0.237 e. The van der Waals surface area contributed by atoms with Gasteiger partial charge in [-0.3, -0.25) is 0 Å². The number of aryl methyl sites for hydroxylation is 11. The molecule has 10 nitrogen and oxygen atoms in total. The average Bonchev–Trinajstić information content (AvgIpc) is 1.59. The Hall–Kier alpha value is -11.5. The Balaban J connectivity index is 0. The Morgan fingerprint density at radius 1 is 0.258 bits per heavy atom. The summed E-state index contributed by atoms with van der Waals surface area (Å²) in [7, 11) is 12.5. The first kappa shape index (κ1) is 115. The lowest BCUT2D eigenvalue weighted by Gasteiger charge is -2.14. The van der Waals surface area contributed by atoms with E-state index in [9.17, 15) is 0 Å². The van der Waals surface area contributed by atoms with Crippen LogP contribution in [0.1, 0.15) is 252 Å². The van der Waals surface area contributed by atoms with Crippen LogP contribution in [0.5, 0.6) is 0 Å². The molecule has 670 valence electrons. The number of pyridine rings is 3. The zero-order valence-electron chi connectivity index (χ0n) is 84.2. The average molecular weight is 1680 g/mol. The Morgan fingerprint density at radius 3 is 1.12 bits per heavy atom. The van der Waals surface area contributed by atoms with Crippen LogP contribution in [-0.2, 0) is 42.3 Å². The Kier molecular flexibility index (Phi) is 58.6. The van der Waals surface area contributed by atoms with E-state index in [4.69, 9.17) is 0 Å². The lowest BCUT2D eigenvalue weighted by atomic mass is 9.89. The summed E-state index contributed by atoms with van der Waals surface area (Å²) in [6.07, 6.45) is 14.6. The van der Waals surface area contributed by atoms with Gasteiger partial charge in [-0.25, -0.2) is 18.3 Å². The first-order chi connectivity index (χ1) is 60.3. The number of hydrogen-bond donors (Lipinski definition) is 0. The molecule has 0 fully saturated rings. The predicted octanol–water partition coefficient (Wildman–Crippen LogP) is 31.1. The van der Waals surface area contributed by atoms with Crippen molar-refractivity contribution >= 4 is 70.8 Å². The Labute approximate surface area is 755 Å². The summed E-state index contributed by atoms with van der Waals surface area (Å²) in [6.45, 7) is 66.9. The van der Waals surface area contributed by atoms with Crippen molar-refractivity contribution in [1.82, 2.24) is 22.9 Å². The number of hydrogen-bond acceptors (Lipinski definition) is 0. The van der Waals surface area contributed by atoms with Crippen LogP contribution in [0.15, 0.2) is 286 Å². The molecule has 0 saturated carbocycles. The summed E-state index contributed by atoms with van der Waals surface area (Å²) >= 11 is 0. The molecule has 8 aromatic heterocycles. The van der Waals surface area contributed by atoms with Gasteiger partial charge < -0.3 is 0 Å². The highest BCUT2D eigenvalue weighted by Crippen LogP contribution is 2.47. The third-order valence-electron chi connectivity index (χ3n) is 19.1. The van der Waals surface area contributed by atoms with Crippen molar-refractivity contribution in [2.75, 3.05) is 0 Å². The van der Waals surface area contributed by atoms with E-state index < -0.39 is 0 Å². The summed E-state index contributed by atoms with van der Waals surface area (Å²) < 4.78 is 22.1. The molecular weight excluding hydrogens is 1510 g/mol. The summed E-state index contributed by atoms with van der Waals surface area (Å²) in [5.74, 6) is 2.68. The molecule has 0 N–H and O–H groups in total. The van der Waals surface area contributed by atoms with E-state index in [0.717, 1.165) is 5.95 Å². The van der Waals surface area contributed by atoms with Crippen LogP contribution >= 0.6 is 0 Å². The zero-order valence-corrected chi connectivity index (χ0v) is 84.2. The molecule has 1 aliphatic rings. The molecule has 0 radical (unpaired) electrons. The number of imidazole rings is 1. The molecule has 10 heteroatoms. The van der Waals surface area contributed by atoms with E-state index in [1.807, 2.05) is 213 Å². The van der Waals surface area contributed by atoms with Gasteiger partial charge in [0.15, 0.2) is 32.7 Å². The van der Waals surface area contributed by atoms with Crippen molar-refractivity contribution < 1.29 is 23.1 Å². The first-order valence-electron chi connectivity index (χ1n) is 46.7. The number of aromatic nitrogens is 10. The molecule has 1 aliphatic carbocycles. The summed E-state index contributed by atoms with van der Waals surface area (Å²) in [5.41, 5.74) is 22.4. The largest absolute Gasteiger partial charge is 0.369 e. The molecule has 8 heterocycles. The molecule has 0 spiro atoms. The molecule has 0 aliphatic heterocycles. The summed E-state index contributed by atoms with van der Waals surface area (Å²) in [5, 5.41) is 9.18. The lowest BCUT2D eigenvalue weighted by molar-refractivity contribution is -0.744. The highest BCUT2D eigenvalue weighted by atomic mass is 15.4. The van der Waals surface area contributed by atoms with Crippen LogP contribution < -0.4 is 23.1 Å². The van der Waals surface area contributed by atoms with Gasteiger partial charge >= 0.3 is 5.95 Å². The third-order valence-corrected chi connectivity index (χ3v) is 19.1. The number of rotatable bonds is 4. The number of para-hydroxylation sites is 6. The monoisotopic (exact) mass is 1680 g/mol. The number of fused-ring (bicyclic) bond motifs is 15. The molecule has 1 unspecified atom stereocenters. The molecule has 18 rings (SSSR count). The Morgan fingerprint density at radius 2 is 0.645 bits per heavy atom. The minimum atomic E-state index is 0. The molecule has 1 atom stereocenters. The highest BCUT2D eigenvalue weighted by Gasteiger charge is 2.37. The normalized spacial score (nSPS) is 10.1. The van der Waals surface area contributed by atoms with Crippen LogP contribution in [0, 0.1) is 34.6 Å². The summed E-state index contributed by atoms with van der Waals surface area (Å²) in [6, 6.07) is 86.3. The lowest BCUT2D eigenvalue weighted by Crippen LogP contribution is -2.36. The van der Waals surface area contributed by atoms with Gasteiger partial charge in [0.1, 0.15) is 45.8 Å². The SMILES string of the molecule is C.CC.CC.CC.CC.CC.CC.CC.CC.CC.CC.CC.CC.CC.CC.Cc1cccc2c3ccccc3c3cc[n+](C)n3c12.Cc1cccc2c3ccccc3n(-c3cccc[n+]3C)c12.Cc1cccc2c3ccccc3n(-c3n(C)cc[n+]3C)c12.Cc1ccccc1-n1ccc[n+]1C.Cc1ccccc1C1c2ccccc2-c2ccc[n+](C)c21. The van der Waals surface area contributed by atoms with Gasteiger partial charge in [-0.15, -0.1) is 18.6 Å². The maximum Gasteiger partial charge on any atom is 0.369 e. The fourth-order valence-corrected chi connectivity index (χ4v) is 14.6. The number of benzene rings is 9. The van der Waals surface area contributed by atoms with E-state index in [1.54, 1.807) is 0 Å². The van der Waals surface area contributed by atoms with Crippen molar-refractivity contribution in [3.63, 3.8) is 0 Å². The summed E-state index contributed by atoms with van der Waals surface area (Å²) in [4.78, 5) is 0. The van der Waals surface area contributed by atoms with Crippen LogP contribution in [0.25, 0.3) is 99.4 Å². The second-order valence-corrected chi connectivity index (χ2v) is 25.2. The van der Waals surface area contributed by atoms with Gasteiger partial charge in [-0.1, -0.05) is 377 Å². The van der Waals surface area contributed by atoms with Gasteiger partial charge in [-0.05, 0) is 127 Å². The van der Waals surface area contributed by atoms with Crippen molar-refractivity contribution in [2.24, 2.45) is 42.3 Å². The van der Waals surface area contributed by atoms with Crippen molar-refractivity contribution in [2.45, 2.75) is 242 Å². The van der Waals surface area contributed by atoms with Crippen LogP contribution in [0.2, 0.25) is 0 Å². The van der Waals surface area contributed by atoms with Gasteiger partial charge in [0.2, 0.25) is 5.69 Å². The van der Waals surface area contributed by atoms with Crippen LogP contribution in [0.3, 0.4) is 0 Å². The second kappa shape index (κ2) is 63.4. The van der Waals surface area contributed by atoms with Crippen LogP contribution in [-0.4, -0.2) is 22.9 Å². The zero-order chi connectivity index (χ0) is 93.6. The topological polar surface area (TPSA) is 43.5 Å². The third kappa shape index (κ3) is 27.0. The van der Waals surface area contributed by atoms with Crippen molar-refractivity contribution in [3.8, 4) is 28.6 Å². The van der Waals surface area contributed by atoms with Gasteiger partial charge in [0.25, 0.3) is 5.82 Å². The highest BCUT2D eigenvalue weighted by molar-refractivity contribution is 6.13. The van der Waals surface area contributed by atoms with E-state index in [0.29, 0.717) is 5.92 Å². The minimum Gasteiger partial charge on any atom is -0.237 e. The molecule has 9 aromatic carbocycles. The molecule has 124 heavy (non-hydrogen) atoms. The molecule has 0 bridgehead atoms. The van der Waals surface area contributed by atoms with Crippen LogP contribution in [0.4, 0.5) is 0 Å². The maximum atomic E-state index is 2.36. The van der Waals surface area contributed by atoms with E-state index in [2.05, 4.69) is 390 Å². The molecule has 17 aromatic rings. The quantitative estimate of drug-likeness (QED) is 0.125. The Bertz CT molecular complexity index is 5710. The first-order valence-corrected chi connectivity index (χ1v) is 46.7.